The molecule has 0 unspecified atom stereocenters. The number of benzene rings is 2. The highest BCUT2D eigenvalue weighted by Crippen LogP contribution is 2.15. The highest BCUT2D eigenvalue weighted by atomic mass is 19.1. The van der Waals surface area contributed by atoms with Gasteiger partial charge in [-0.05, 0) is 30.7 Å². The molecule has 4 heteroatoms. The van der Waals surface area contributed by atoms with Crippen molar-refractivity contribution in [2.24, 2.45) is 0 Å². The second kappa shape index (κ2) is 6.70. The molecule has 0 bridgehead atoms. The molecule has 0 atom stereocenters. The van der Waals surface area contributed by atoms with Gasteiger partial charge < -0.3 is 10.1 Å². The van der Waals surface area contributed by atoms with Gasteiger partial charge in [-0.1, -0.05) is 30.3 Å². The number of rotatable bonds is 5. The molecule has 0 aliphatic rings. The van der Waals surface area contributed by atoms with Crippen LogP contribution >= 0.6 is 0 Å². The first-order chi connectivity index (χ1) is 9.68. The lowest BCUT2D eigenvalue weighted by molar-refractivity contribution is 0.0943. The molecule has 0 radical (unpaired) electrons. The van der Waals surface area contributed by atoms with Gasteiger partial charge in [0, 0.05) is 0 Å². The van der Waals surface area contributed by atoms with Gasteiger partial charge in [-0.3, -0.25) is 4.79 Å². The average Bonchev–Trinajstić information content (AvgIpc) is 2.45. The number of hydrogen-bond acceptors (Lipinski definition) is 2. The molecular weight excluding hydrogens is 257 g/mol. The third kappa shape index (κ3) is 3.57. The van der Waals surface area contributed by atoms with Crippen LogP contribution in [-0.4, -0.2) is 19.1 Å². The molecule has 2 aromatic carbocycles. The zero-order valence-electron chi connectivity index (χ0n) is 11.2. The van der Waals surface area contributed by atoms with E-state index in [1.807, 2.05) is 31.2 Å². The maximum absolute atomic E-state index is 13.4. The summed E-state index contributed by atoms with van der Waals surface area (Å²) in [6.07, 6.45) is 0. The number of carbonyl (C=O) groups excluding carboxylic acids is 1. The second-order valence-corrected chi connectivity index (χ2v) is 4.35. The Morgan fingerprint density at radius 3 is 2.60 bits per heavy atom. The van der Waals surface area contributed by atoms with Crippen molar-refractivity contribution < 1.29 is 13.9 Å². The van der Waals surface area contributed by atoms with Gasteiger partial charge in [-0.15, -0.1) is 0 Å². The molecule has 0 aliphatic carbocycles. The van der Waals surface area contributed by atoms with E-state index in [2.05, 4.69) is 5.32 Å². The van der Waals surface area contributed by atoms with Crippen molar-refractivity contribution in [2.75, 3.05) is 13.2 Å². The number of carbonyl (C=O) groups is 1. The van der Waals surface area contributed by atoms with Crippen LogP contribution in [0.3, 0.4) is 0 Å². The molecule has 20 heavy (non-hydrogen) atoms. The maximum Gasteiger partial charge on any atom is 0.254 e. The van der Waals surface area contributed by atoms with E-state index in [9.17, 15) is 9.18 Å². The lowest BCUT2D eigenvalue weighted by Gasteiger charge is -2.10. The van der Waals surface area contributed by atoms with Crippen LogP contribution in [0, 0.1) is 12.7 Å². The van der Waals surface area contributed by atoms with E-state index in [0.29, 0.717) is 13.2 Å². The number of para-hydroxylation sites is 1. The maximum atomic E-state index is 13.4. The number of aryl methyl sites for hydroxylation is 1. The van der Waals surface area contributed by atoms with Gasteiger partial charge in [0.25, 0.3) is 5.91 Å². The van der Waals surface area contributed by atoms with E-state index in [1.165, 1.54) is 12.1 Å². The van der Waals surface area contributed by atoms with Crippen molar-refractivity contribution in [2.45, 2.75) is 6.92 Å². The van der Waals surface area contributed by atoms with Crippen molar-refractivity contribution in [3.05, 3.63) is 65.5 Å². The molecule has 1 amide bonds. The standard InChI is InChI=1S/C16H16FNO2/c1-12-6-2-5-9-15(12)20-11-10-18-16(19)13-7-3-4-8-14(13)17/h2-9H,10-11H2,1H3,(H,18,19). The van der Waals surface area contributed by atoms with Crippen molar-refractivity contribution in [3.8, 4) is 5.75 Å². The van der Waals surface area contributed by atoms with E-state index < -0.39 is 11.7 Å². The molecule has 0 aliphatic heterocycles. The predicted molar refractivity (Wildman–Crippen MR) is 75.4 cm³/mol. The first-order valence-corrected chi connectivity index (χ1v) is 6.39. The van der Waals surface area contributed by atoms with Crippen molar-refractivity contribution in [1.29, 1.82) is 0 Å². The van der Waals surface area contributed by atoms with Crippen molar-refractivity contribution in [3.63, 3.8) is 0 Å². The van der Waals surface area contributed by atoms with Gasteiger partial charge in [0.1, 0.15) is 18.2 Å². The summed E-state index contributed by atoms with van der Waals surface area (Å²) in [5.74, 6) is -0.172. The summed E-state index contributed by atoms with van der Waals surface area (Å²) < 4.78 is 18.9. The van der Waals surface area contributed by atoms with E-state index in [1.54, 1.807) is 12.1 Å². The van der Waals surface area contributed by atoms with E-state index in [-0.39, 0.29) is 5.56 Å². The lowest BCUT2D eigenvalue weighted by atomic mass is 10.2. The zero-order valence-corrected chi connectivity index (χ0v) is 11.2. The van der Waals surface area contributed by atoms with Gasteiger partial charge in [-0.2, -0.15) is 0 Å². The lowest BCUT2D eigenvalue weighted by Crippen LogP contribution is -2.28. The monoisotopic (exact) mass is 273 g/mol. The van der Waals surface area contributed by atoms with Crippen molar-refractivity contribution in [1.82, 2.24) is 5.32 Å². The molecule has 0 aromatic heterocycles. The molecule has 0 fully saturated rings. The van der Waals surface area contributed by atoms with Gasteiger partial charge in [-0.25, -0.2) is 4.39 Å². The fourth-order valence-electron chi connectivity index (χ4n) is 1.78. The Hall–Kier alpha value is -2.36. The summed E-state index contributed by atoms with van der Waals surface area (Å²) in [7, 11) is 0. The van der Waals surface area contributed by atoms with E-state index >= 15 is 0 Å². The molecule has 0 saturated heterocycles. The van der Waals surface area contributed by atoms with Gasteiger partial charge in [0.05, 0.1) is 12.1 Å². The SMILES string of the molecule is Cc1ccccc1OCCNC(=O)c1ccccc1F. The summed E-state index contributed by atoms with van der Waals surface area (Å²) in [4.78, 5) is 11.7. The molecule has 0 spiro atoms. The third-order valence-electron chi connectivity index (χ3n) is 2.86. The zero-order chi connectivity index (χ0) is 14.4. The molecule has 2 rings (SSSR count). The van der Waals surface area contributed by atoms with Crippen LogP contribution in [0.1, 0.15) is 15.9 Å². The summed E-state index contributed by atoms with van der Waals surface area (Å²) in [5, 5.41) is 2.63. The highest BCUT2D eigenvalue weighted by molar-refractivity contribution is 5.94. The Morgan fingerprint density at radius 1 is 1.15 bits per heavy atom. The third-order valence-corrected chi connectivity index (χ3v) is 2.86. The van der Waals surface area contributed by atoms with Crippen LogP contribution in [0.5, 0.6) is 5.75 Å². The smallest absolute Gasteiger partial charge is 0.254 e. The van der Waals surface area contributed by atoms with Crippen LogP contribution in [0.25, 0.3) is 0 Å². The van der Waals surface area contributed by atoms with Crippen LogP contribution in [0.15, 0.2) is 48.5 Å². The Labute approximate surface area is 117 Å². The van der Waals surface area contributed by atoms with E-state index in [0.717, 1.165) is 11.3 Å². The Bertz CT molecular complexity index is 599. The van der Waals surface area contributed by atoms with Crippen molar-refractivity contribution >= 4 is 5.91 Å². The number of amides is 1. The normalized spacial score (nSPS) is 10.1. The van der Waals surface area contributed by atoms with Crippen LogP contribution in [0.2, 0.25) is 0 Å². The Morgan fingerprint density at radius 2 is 1.85 bits per heavy atom. The molecule has 104 valence electrons. The summed E-state index contributed by atoms with van der Waals surface area (Å²) in [5.41, 5.74) is 1.08. The van der Waals surface area contributed by atoms with E-state index in [4.69, 9.17) is 4.74 Å². The number of ether oxygens (including phenoxy) is 1. The highest BCUT2D eigenvalue weighted by Gasteiger charge is 2.09. The molecular formula is C16H16FNO2. The average molecular weight is 273 g/mol. The van der Waals surface area contributed by atoms with Gasteiger partial charge >= 0.3 is 0 Å². The number of hydrogen-bond donors (Lipinski definition) is 1. The second-order valence-electron chi connectivity index (χ2n) is 4.35. The number of nitrogens with one attached hydrogen (secondary N) is 1. The summed E-state index contributed by atoms with van der Waals surface area (Å²) in [6.45, 7) is 2.61. The quantitative estimate of drug-likeness (QED) is 0.851. The topological polar surface area (TPSA) is 38.3 Å². The minimum absolute atomic E-state index is 0.0448. The Balaban J connectivity index is 1.81. The Kier molecular flexibility index (Phi) is 4.71. The summed E-state index contributed by atoms with van der Waals surface area (Å²) in [6, 6.07) is 13.5. The molecule has 3 nitrogen and oxygen atoms in total. The molecule has 0 heterocycles. The molecule has 0 saturated carbocycles. The minimum Gasteiger partial charge on any atom is -0.491 e. The fourth-order valence-corrected chi connectivity index (χ4v) is 1.78. The largest absolute Gasteiger partial charge is 0.491 e. The minimum atomic E-state index is -0.523. The molecule has 2 aromatic rings. The van der Waals surface area contributed by atoms with Gasteiger partial charge in [0.15, 0.2) is 0 Å². The van der Waals surface area contributed by atoms with Crippen LogP contribution in [-0.2, 0) is 0 Å². The van der Waals surface area contributed by atoms with Crippen LogP contribution in [0.4, 0.5) is 4.39 Å². The fraction of sp³-hybridized carbons (Fsp3) is 0.188. The number of halogens is 1. The first-order valence-electron chi connectivity index (χ1n) is 6.39. The summed E-state index contributed by atoms with van der Waals surface area (Å²) >= 11 is 0. The van der Waals surface area contributed by atoms with Gasteiger partial charge in [0.2, 0.25) is 0 Å². The predicted octanol–water partition coefficient (Wildman–Crippen LogP) is 2.94. The molecule has 1 N–H and O–H groups in total. The first kappa shape index (κ1) is 14.1. The van der Waals surface area contributed by atoms with Crippen LogP contribution < -0.4 is 10.1 Å².